The first-order valence-electron chi connectivity index (χ1n) is 9.93. The molecule has 0 spiro atoms. The van der Waals surface area contributed by atoms with Gasteiger partial charge in [0.2, 0.25) is 0 Å². The molecule has 0 saturated carbocycles. The Kier molecular flexibility index (Phi) is 5.45. The van der Waals surface area contributed by atoms with E-state index in [1.54, 1.807) is 4.90 Å². The van der Waals surface area contributed by atoms with Crippen LogP contribution < -0.4 is 10.2 Å². The first-order chi connectivity index (χ1) is 12.9. The highest BCUT2D eigenvalue weighted by Crippen LogP contribution is 2.37. The summed E-state index contributed by atoms with van der Waals surface area (Å²) < 4.78 is 23.8. The van der Waals surface area contributed by atoms with Crippen LogP contribution >= 0.6 is 0 Å². The predicted molar refractivity (Wildman–Crippen MR) is 109 cm³/mol. The van der Waals surface area contributed by atoms with Crippen molar-refractivity contribution in [1.82, 2.24) is 4.90 Å². The Morgan fingerprint density at radius 2 is 1.71 bits per heavy atom. The number of para-hydroxylation sites is 1. The SMILES string of the molecule is CC(C)(C)OC(=O)N1CC(COc2ccccc2B2OC(C)(C)C(C)(C)O2)C1. The summed E-state index contributed by atoms with van der Waals surface area (Å²) in [4.78, 5) is 13.7. The van der Waals surface area contributed by atoms with Gasteiger partial charge in [0.25, 0.3) is 0 Å². The fourth-order valence-corrected chi connectivity index (χ4v) is 3.14. The summed E-state index contributed by atoms with van der Waals surface area (Å²) in [6, 6.07) is 7.81. The van der Waals surface area contributed by atoms with Gasteiger partial charge in [0.05, 0.1) is 17.8 Å². The maximum atomic E-state index is 12.0. The highest BCUT2D eigenvalue weighted by molar-refractivity contribution is 6.63. The van der Waals surface area contributed by atoms with E-state index < -0.39 is 23.9 Å². The molecule has 1 amide bonds. The fraction of sp³-hybridized carbons (Fsp3) is 0.667. The van der Waals surface area contributed by atoms with Crippen LogP contribution in [0.25, 0.3) is 0 Å². The Morgan fingerprint density at radius 3 is 2.29 bits per heavy atom. The van der Waals surface area contributed by atoms with Gasteiger partial charge in [-0.2, -0.15) is 0 Å². The van der Waals surface area contributed by atoms with Gasteiger partial charge < -0.3 is 23.7 Å². The first-order valence-corrected chi connectivity index (χ1v) is 9.93. The van der Waals surface area contributed by atoms with E-state index in [2.05, 4.69) is 0 Å². The number of nitrogens with zero attached hydrogens (tertiary/aromatic N) is 1. The van der Waals surface area contributed by atoms with Gasteiger partial charge in [-0.1, -0.05) is 18.2 Å². The molecule has 2 aliphatic rings. The first kappa shape index (κ1) is 21.0. The second kappa shape index (κ2) is 7.27. The Morgan fingerprint density at radius 1 is 1.14 bits per heavy atom. The molecule has 6 nitrogen and oxygen atoms in total. The third-order valence-corrected chi connectivity index (χ3v) is 5.51. The van der Waals surface area contributed by atoms with Crippen LogP contribution in [0.3, 0.4) is 0 Å². The summed E-state index contributed by atoms with van der Waals surface area (Å²) in [6.45, 7) is 15.6. The van der Waals surface area contributed by atoms with E-state index in [0.29, 0.717) is 25.6 Å². The van der Waals surface area contributed by atoms with Gasteiger partial charge in [0, 0.05) is 24.5 Å². The summed E-state index contributed by atoms with van der Waals surface area (Å²) in [5.74, 6) is 1.05. The van der Waals surface area contributed by atoms with Crippen LogP contribution in [0.2, 0.25) is 0 Å². The number of benzene rings is 1. The summed E-state index contributed by atoms with van der Waals surface area (Å²) >= 11 is 0. The van der Waals surface area contributed by atoms with Crippen molar-refractivity contribution in [2.24, 2.45) is 5.92 Å². The summed E-state index contributed by atoms with van der Waals surface area (Å²) in [5, 5.41) is 0. The van der Waals surface area contributed by atoms with E-state index in [-0.39, 0.29) is 6.09 Å². The zero-order valence-corrected chi connectivity index (χ0v) is 18.1. The second-order valence-electron chi connectivity index (χ2n) is 9.69. The standard InChI is InChI=1S/C21H32BNO5/c1-19(2,3)26-18(24)23-12-15(13-23)14-25-17-11-9-8-10-16(17)22-27-20(4,5)21(6,7)28-22/h8-11,15H,12-14H2,1-7H3. The number of rotatable bonds is 4. The number of carbonyl (C=O) groups excluding carboxylic acids is 1. The number of amides is 1. The summed E-state index contributed by atoms with van der Waals surface area (Å²) in [5.41, 5.74) is -0.371. The molecule has 2 saturated heterocycles. The Labute approximate surface area is 168 Å². The van der Waals surface area contributed by atoms with Crippen LogP contribution in [-0.4, -0.2) is 54.6 Å². The molecule has 0 aliphatic carbocycles. The Hall–Kier alpha value is -1.73. The van der Waals surface area contributed by atoms with Crippen molar-refractivity contribution in [2.45, 2.75) is 65.3 Å². The highest BCUT2D eigenvalue weighted by Gasteiger charge is 2.52. The van der Waals surface area contributed by atoms with Gasteiger partial charge in [0.1, 0.15) is 11.4 Å². The maximum absolute atomic E-state index is 12.0. The molecule has 0 bridgehead atoms. The van der Waals surface area contributed by atoms with Crippen LogP contribution in [0.1, 0.15) is 48.5 Å². The van der Waals surface area contributed by atoms with E-state index in [9.17, 15) is 4.79 Å². The van der Waals surface area contributed by atoms with Gasteiger partial charge in [-0.05, 0) is 54.5 Å². The van der Waals surface area contributed by atoms with Crippen molar-refractivity contribution < 1.29 is 23.6 Å². The van der Waals surface area contributed by atoms with Crippen molar-refractivity contribution in [3.05, 3.63) is 24.3 Å². The Balaban J connectivity index is 1.56. The molecule has 0 N–H and O–H groups in total. The normalized spacial score (nSPS) is 21.4. The van der Waals surface area contributed by atoms with Gasteiger partial charge in [-0.3, -0.25) is 0 Å². The molecule has 0 unspecified atom stereocenters. The van der Waals surface area contributed by atoms with E-state index in [1.807, 2.05) is 72.7 Å². The molecule has 0 radical (unpaired) electrons. The molecule has 7 heteroatoms. The summed E-state index contributed by atoms with van der Waals surface area (Å²) in [6.07, 6.45) is -0.263. The number of likely N-dealkylation sites (tertiary alicyclic amines) is 1. The zero-order valence-electron chi connectivity index (χ0n) is 18.1. The monoisotopic (exact) mass is 389 g/mol. The maximum Gasteiger partial charge on any atom is 0.498 e. The molecular weight excluding hydrogens is 357 g/mol. The molecule has 2 fully saturated rings. The number of hydrogen-bond donors (Lipinski definition) is 0. The van der Waals surface area contributed by atoms with Gasteiger partial charge in [-0.25, -0.2) is 4.79 Å². The third kappa shape index (κ3) is 4.46. The van der Waals surface area contributed by atoms with Crippen LogP contribution in [0.4, 0.5) is 4.79 Å². The van der Waals surface area contributed by atoms with Crippen molar-refractivity contribution in [3.63, 3.8) is 0 Å². The molecule has 28 heavy (non-hydrogen) atoms. The lowest BCUT2D eigenvalue weighted by molar-refractivity contribution is -0.00776. The summed E-state index contributed by atoms with van der Waals surface area (Å²) in [7, 11) is -0.458. The van der Waals surface area contributed by atoms with E-state index in [4.69, 9.17) is 18.8 Å². The number of ether oxygens (including phenoxy) is 2. The molecular formula is C21H32BNO5. The molecule has 154 valence electrons. The molecule has 2 aliphatic heterocycles. The topological polar surface area (TPSA) is 57.2 Å². The minimum Gasteiger partial charge on any atom is -0.494 e. The lowest BCUT2D eigenvalue weighted by atomic mass is 9.78. The van der Waals surface area contributed by atoms with Gasteiger partial charge in [0.15, 0.2) is 0 Å². The lowest BCUT2D eigenvalue weighted by Crippen LogP contribution is -2.53. The largest absolute Gasteiger partial charge is 0.498 e. The van der Waals surface area contributed by atoms with Crippen molar-refractivity contribution in [2.75, 3.05) is 19.7 Å². The van der Waals surface area contributed by atoms with Crippen LogP contribution in [-0.2, 0) is 14.0 Å². The highest BCUT2D eigenvalue weighted by atomic mass is 16.7. The predicted octanol–water partition coefficient (Wildman–Crippen LogP) is 3.23. The average Bonchev–Trinajstić information content (AvgIpc) is 2.72. The van der Waals surface area contributed by atoms with E-state index in [1.165, 1.54) is 0 Å². The molecule has 0 aromatic heterocycles. The van der Waals surface area contributed by atoms with Gasteiger partial charge in [-0.15, -0.1) is 0 Å². The molecule has 0 atom stereocenters. The zero-order chi connectivity index (χ0) is 20.7. The van der Waals surface area contributed by atoms with Crippen LogP contribution in [0.15, 0.2) is 24.3 Å². The molecule has 3 rings (SSSR count). The smallest absolute Gasteiger partial charge is 0.494 e. The van der Waals surface area contributed by atoms with E-state index in [0.717, 1.165) is 11.2 Å². The minimum absolute atomic E-state index is 0.263. The van der Waals surface area contributed by atoms with Crippen molar-refractivity contribution >= 4 is 18.7 Å². The quantitative estimate of drug-likeness (QED) is 0.741. The minimum atomic E-state index is -0.472. The number of hydrogen-bond acceptors (Lipinski definition) is 5. The van der Waals surface area contributed by atoms with Crippen LogP contribution in [0, 0.1) is 5.92 Å². The molecule has 2 heterocycles. The average molecular weight is 389 g/mol. The Bertz CT molecular complexity index is 706. The van der Waals surface area contributed by atoms with E-state index >= 15 is 0 Å². The fourth-order valence-electron chi connectivity index (χ4n) is 3.14. The molecule has 1 aromatic carbocycles. The third-order valence-electron chi connectivity index (χ3n) is 5.51. The van der Waals surface area contributed by atoms with Gasteiger partial charge >= 0.3 is 13.2 Å². The van der Waals surface area contributed by atoms with Crippen LogP contribution in [0.5, 0.6) is 5.75 Å². The number of carbonyl (C=O) groups is 1. The second-order valence-corrected chi connectivity index (χ2v) is 9.69. The lowest BCUT2D eigenvalue weighted by Gasteiger charge is -2.39. The van der Waals surface area contributed by atoms with Crippen molar-refractivity contribution in [1.29, 1.82) is 0 Å². The molecule has 1 aromatic rings. The van der Waals surface area contributed by atoms with Crippen molar-refractivity contribution in [3.8, 4) is 5.75 Å².